The first-order chi connectivity index (χ1) is 8.70. The van der Waals surface area contributed by atoms with E-state index in [1.54, 1.807) is 0 Å². The molecule has 2 N–H and O–H groups in total. The standard InChI is InChI=1S/C14H21N3O/c1-12-10-17(14(18)9-15)8-7-16(12)11-13-5-3-2-4-6-13/h2-6,12H,7-11,15H2,1H3. The zero-order valence-corrected chi connectivity index (χ0v) is 10.9. The van der Waals surface area contributed by atoms with Gasteiger partial charge in [0.05, 0.1) is 6.54 Å². The molecule has 0 aromatic heterocycles. The normalized spacial score (nSPS) is 21.0. The molecule has 1 aliphatic rings. The minimum atomic E-state index is 0.0567. The number of benzene rings is 1. The Balaban J connectivity index is 1.92. The lowest BCUT2D eigenvalue weighted by Crippen LogP contribution is -2.54. The molecule has 1 aliphatic heterocycles. The van der Waals surface area contributed by atoms with Crippen LogP contribution in [0.1, 0.15) is 12.5 Å². The van der Waals surface area contributed by atoms with Gasteiger partial charge in [-0.25, -0.2) is 0 Å². The van der Waals surface area contributed by atoms with Gasteiger partial charge >= 0.3 is 0 Å². The maximum atomic E-state index is 11.6. The van der Waals surface area contributed by atoms with Gasteiger partial charge in [-0.3, -0.25) is 9.69 Å². The average molecular weight is 247 g/mol. The monoisotopic (exact) mass is 247 g/mol. The minimum Gasteiger partial charge on any atom is -0.339 e. The largest absolute Gasteiger partial charge is 0.339 e. The molecule has 2 rings (SSSR count). The lowest BCUT2D eigenvalue weighted by Gasteiger charge is -2.39. The van der Waals surface area contributed by atoms with E-state index >= 15 is 0 Å². The molecule has 0 spiro atoms. The van der Waals surface area contributed by atoms with Gasteiger partial charge in [-0.2, -0.15) is 0 Å². The summed E-state index contributed by atoms with van der Waals surface area (Å²) in [6.45, 7) is 5.72. The average Bonchev–Trinajstić information content (AvgIpc) is 2.41. The van der Waals surface area contributed by atoms with Crippen LogP contribution in [0.15, 0.2) is 30.3 Å². The number of nitrogens with zero attached hydrogens (tertiary/aromatic N) is 2. The highest BCUT2D eigenvalue weighted by molar-refractivity contribution is 5.78. The molecule has 4 heteroatoms. The maximum Gasteiger partial charge on any atom is 0.236 e. The molecule has 98 valence electrons. The Kier molecular flexibility index (Phi) is 4.33. The zero-order chi connectivity index (χ0) is 13.0. The molecule has 1 saturated heterocycles. The summed E-state index contributed by atoms with van der Waals surface area (Å²) in [5, 5.41) is 0. The molecular weight excluding hydrogens is 226 g/mol. The third-order valence-electron chi connectivity index (χ3n) is 3.52. The van der Waals surface area contributed by atoms with Gasteiger partial charge in [0.2, 0.25) is 5.91 Å². The van der Waals surface area contributed by atoms with Crippen LogP contribution < -0.4 is 5.73 Å². The minimum absolute atomic E-state index is 0.0567. The predicted octanol–water partition coefficient (Wildman–Crippen LogP) is 0.678. The molecule has 0 aliphatic carbocycles. The second kappa shape index (κ2) is 5.98. The first-order valence-electron chi connectivity index (χ1n) is 6.46. The van der Waals surface area contributed by atoms with Gasteiger partial charge in [0, 0.05) is 32.2 Å². The smallest absolute Gasteiger partial charge is 0.236 e. The molecule has 4 nitrogen and oxygen atoms in total. The van der Waals surface area contributed by atoms with E-state index in [2.05, 4.69) is 36.1 Å². The van der Waals surface area contributed by atoms with E-state index in [1.165, 1.54) is 5.56 Å². The molecule has 18 heavy (non-hydrogen) atoms. The summed E-state index contributed by atoms with van der Waals surface area (Å²) in [6, 6.07) is 10.8. The fourth-order valence-corrected chi connectivity index (χ4v) is 2.40. The lowest BCUT2D eigenvalue weighted by atomic mass is 10.1. The van der Waals surface area contributed by atoms with Gasteiger partial charge in [-0.05, 0) is 12.5 Å². The van der Waals surface area contributed by atoms with E-state index in [1.807, 2.05) is 11.0 Å². The van der Waals surface area contributed by atoms with Gasteiger partial charge in [-0.15, -0.1) is 0 Å². The van der Waals surface area contributed by atoms with E-state index < -0.39 is 0 Å². The summed E-state index contributed by atoms with van der Waals surface area (Å²) in [5.41, 5.74) is 6.72. The molecule has 1 atom stereocenters. The maximum absolute atomic E-state index is 11.6. The lowest BCUT2D eigenvalue weighted by molar-refractivity contribution is -0.132. The van der Waals surface area contributed by atoms with Crippen LogP contribution in [0.5, 0.6) is 0 Å². The molecule has 1 fully saturated rings. The third-order valence-corrected chi connectivity index (χ3v) is 3.52. The fraction of sp³-hybridized carbons (Fsp3) is 0.500. The third kappa shape index (κ3) is 3.09. The van der Waals surface area contributed by atoms with Crippen molar-refractivity contribution in [2.75, 3.05) is 26.2 Å². The van der Waals surface area contributed by atoms with Crippen molar-refractivity contribution < 1.29 is 4.79 Å². The molecule has 1 amide bonds. The quantitative estimate of drug-likeness (QED) is 0.854. The number of nitrogens with two attached hydrogens (primary N) is 1. The Hall–Kier alpha value is -1.39. The first kappa shape index (κ1) is 13.1. The van der Waals surface area contributed by atoms with Crippen LogP contribution in [-0.2, 0) is 11.3 Å². The zero-order valence-electron chi connectivity index (χ0n) is 10.9. The van der Waals surface area contributed by atoms with Crippen molar-refractivity contribution in [2.24, 2.45) is 5.73 Å². The van der Waals surface area contributed by atoms with Crippen LogP contribution in [0.4, 0.5) is 0 Å². The van der Waals surface area contributed by atoms with Crippen molar-refractivity contribution in [3.63, 3.8) is 0 Å². The van der Waals surface area contributed by atoms with E-state index in [0.29, 0.717) is 6.04 Å². The number of rotatable bonds is 3. The first-order valence-corrected chi connectivity index (χ1v) is 6.46. The van der Waals surface area contributed by atoms with E-state index in [4.69, 9.17) is 5.73 Å². The van der Waals surface area contributed by atoms with Crippen molar-refractivity contribution in [1.29, 1.82) is 0 Å². The Labute approximate surface area is 108 Å². The topological polar surface area (TPSA) is 49.6 Å². The van der Waals surface area contributed by atoms with Crippen LogP contribution in [0, 0.1) is 0 Å². The van der Waals surface area contributed by atoms with Crippen molar-refractivity contribution in [1.82, 2.24) is 9.80 Å². The predicted molar refractivity (Wildman–Crippen MR) is 71.9 cm³/mol. The number of carbonyl (C=O) groups excluding carboxylic acids is 1. The second-order valence-corrected chi connectivity index (χ2v) is 4.85. The van der Waals surface area contributed by atoms with Gasteiger partial charge in [-0.1, -0.05) is 30.3 Å². The molecule has 1 unspecified atom stereocenters. The number of hydrogen-bond donors (Lipinski definition) is 1. The fourth-order valence-electron chi connectivity index (χ4n) is 2.40. The SMILES string of the molecule is CC1CN(C(=O)CN)CCN1Cc1ccccc1. The van der Waals surface area contributed by atoms with E-state index in [-0.39, 0.29) is 12.5 Å². The van der Waals surface area contributed by atoms with Crippen molar-refractivity contribution >= 4 is 5.91 Å². The summed E-state index contributed by atoms with van der Waals surface area (Å²) in [4.78, 5) is 15.8. The Bertz CT molecular complexity index is 393. The summed E-state index contributed by atoms with van der Waals surface area (Å²) in [6.07, 6.45) is 0. The summed E-state index contributed by atoms with van der Waals surface area (Å²) >= 11 is 0. The van der Waals surface area contributed by atoms with Gasteiger partial charge in [0.25, 0.3) is 0 Å². The highest BCUT2D eigenvalue weighted by Crippen LogP contribution is 2.13. The van der Waals surface area contributed by atoms with Gasteiger partial charge < -0.3 is 10.6 Å². The molecule has 1 heterocycles. The molecule has 0 bridgehead atoms. The Morgan fingerprint density at radius 3 is 2.67 bits per heavy atom. The number of carbonyl (C=O) groups is 1. The van der Waals surface area contributed by atoms with Crippen molar-refractivity contribution in [3.05, 3.63) is 35.9 Å². The van der Waals surface area contributed by atoms with Crippen molar-refractivity contribution in [3.8, 4) is 0 Å². The van der Waals surface area contributed by atoms with Crippen LogP contribution in [0.2, 0.25) is 0 Å². The van der Waals surface area contributed by atoms with Crippen LogP contribution in [0.3, 0.4) is 0 Å². The van der Waals surface area contributed by atoms with Crippen molar-refractivity contribution in [2.45, 2.75) is 19.5 Å². The molecule has 1 aromatic rings. The highest BCUT2D eigenvalue weighted by atomic mass is 16.2. The number of hydrogen-bond acceptors (Lipinski definition) is 3. The van der Waals surface area contributed by atoms with E-state index in [0.717, 1.165) is 26.2 Å². The van der Waals surface area contributed by atoms with Gasteiger partial charge in [0.15, 0.2) is 0 Å². The highest BCUT2D eigenvalue weighted by Gasteiger charge is 2.25. The number of piperazine rings is 1. The Morgan fingerprint density at radius 1 is 1.33 bits per heavy atom. The molecule has 0 saturated carbocycles. The molecular formula is C14H21N3O. The van der Waals surface area contributed by atoms with Gasteiger partial charge in [0.1, 0.15) is 0 Å². The molecule has 0 radical (unpaired) electrons. The van der Waals surface area contributed by atoms with Crippen LogP contribution in [-0.4, -0.2) is 47.9 Å². The summed E-state index contributed by atoms with van der Waals surface area (Å²) < 4.78 is 0. The molecule has 1 aromatic carbocycles. The summed E-state index contributed by atoms with van der Waals surface area (Å²) in [7, 11) is 0. The Morgan fingerprint density at radius 2 is 2.06 bits per heavy atom. The van der Waals surface area contributed by atoms with Crippen LogP contribution >= 0.6 is 0 Å². The summed E-state index contributed by atoms with van der Waals surface area (Å²) in [5.74, 6) is 0.0567. The van der Waals surface area contributed by atoms with E-state index in [9.17, 15) is 4.79 Å². The number of amides is 1. The van der Waals surface area contributed by atoms with Crippen LogP contribution in [0.25, 0.3) is 0 Å². The second-order valence-electron chi connectivity index (χ2n) is 4.85.